The van der Waals surface area contributed by atoms with E-state index in [0.29, 0.717) is 26.3 Å². The zero-order valence-corrected chi connectivity index (χ0v) is 26.6. The highest BCUT2D eigenvalue weighted by Gasteiger charge is 2.33. The predicted octanol–water partition coefficient (Wildman–Crippen LogP) is 5.93. The van der Waals surface area contributed by atoms with Crippen molar-refractivity contribution in [2.24, 2.45) is 4.99 Å². The maximum Gasteiger partial charge on any atom is 0.271 e. The standard InChI is InChI=1S/C28H23I2N3O3S2/c1-15(2)36-25-19(29)12-17(13-20(25)30)14-22-27(35)33-24(21-10-7-11-37-21)23(16(3)31-28(33)38-22)26(34)32-18-8-5-4-6-9-18/h4-15,24H,1-3H3,(H,32,34)/b22-14-/t24-/m1/s1. The molecule has 6 nitrogen and oxygen atoms in total. The highest BCUT2D eigenvalue weighted by Crippen LogP contribution is 2.33. The fourth-order valence-corrected chi connectivity index (χ4v) is 8.15. The lowest BCUT2D eigenvalue weighted by atomic mass is 10.0. The normalized spacial score (nSPS) is 15.4. The molecule has 0 aliphatic carbocycles. The number of allylic oxidation sites excluding steroid dienone is 1. The van der Waals surface area contributed by atoms with Crippen LogP contribution >= 0.6 is 67.9 Å². The number of nitrogens with zero attached hydrogens (tertiary/aromatic N) is 2. The minimum absolute atomic E-state index is 0.0698. The van der Waals surface area contributed by atoms with Gasteiger partial charge in [0.15, 0.2) is 4.80 Å². The van der Waals surface area contributed by atoms with Gasteiger partial charge in [-0.2, -0.15) is 0 Å². The summed E-state index contributed by atoms with van der Waals surface area (Å²) in [6.45, 7) is 5.83. The highest BCUT2D eigenvalue weighted by molar-refractivity contribution is 14.1. The van der Waals surface area contributed by atoms with E-state index in [1.54, 1.807) is 4.57 Å². The molecule has 1 N–H and O–H groups in total. The number of hydrogen-bond acceptors (Lipinski definition) is 6. The van der Waals surface area contributed by atoms with Gasteiger partial charge >= 0.3 is 0 Å². The van der Waals surface area contributed by atoms with Crippen molar-refractivity contribution >= 4 is 85.5 Å². The topological polar surface area (TPSA) is 72.7 Å². The average molecular weight is 767 g/mol. The van der Waals surface area contributed by atoms with Gasteiger partial charge in [-0.15, -0.1) is 11.3 Å². The van der Waals surface area contributed by atoms with Crippen LogP contribution in [0.4, 0.5) is 5.69 Å². The molecular formula is C28H23I2N3O3S2. The van der Waals surface area contributed by atoms with Crippen LogP contribution in [0.1, 0.15) is 37.3 Å². The Morgan fingerprint density at radius 2 is 1.84 bits per heavy atom. The van der Waals surface area contributed by atoms with Crippen molar-refractivity contribution in [3.05, 3.63) is 109 Å². The summed E-state index contributed by atoms with van der Waals surface area (Å²) in [6.07, 6.45) is 1.96. The molecule has 1 aliphatic rings. The van der Waals surface area contributed by atoms with Crippen molar-refractivity contribution in [1.29, 1.82) is 0 Å². The molecule has 1 amide bonds. The average Bonchev–Trinajstić information content (AvgIpc) is 3.50. The number of thiazole rings is 1. The van der Waals surface area contributed by atoms with Crippen LogP contribution in [-0.4, -0.2) is 16.6 Å². The van der Waals surface area contributed by atoms with Crippen molar-refractivity contribution in [2.45, 2.75) is 32.9 Å². The number of amides is 1. The molecule has 2 aromatic carbocycles. The van der Waals surface area contributed by atoms with Crippen molar-refractivity contribution < 1.29 is 9.53 Å². The summed E-state index contributed by atoms with van der Waals surface area (Å²) in [5, 5.41) is 4.93. The predicted molar refractivity (Wildman–Crippen MR) is 171 cm³/mol. The van der Waals surface area contributed by atoms with E-state index in [9.17, 15) is 9.59 Å². The summed E-state index contributed by atoms with van der Waals surface area (Å²) in [5.74, 6) is 0.581. The largest absolute Gasteiger partial charge is 0.489 e. The number of benzene rings is 2. The Bertz CT molecular complexity index is 1700. The Morgan fingerprint density at radius 3 is 2.47 bits per heavy atom. The third-order valence-corrected chi connectivity index (χ3v) is 9.29. The fourth-order valence-electron chi connectivity index (χ4n) is 4.21. The molecule has 4 aromatic rings. The van der Waals surface area contributed by atoms with E-state index in [2.05, 4.69) is 50.5 Å². The Hall–Kier alpha value is -2.29. The zero-order valence-electron chi connectivity index (χ0n) is 20.7. The van der Waals surface area contributed by atoms with Crippen LogP contribution in [0.5, 0.6) is 5.75 Å². The molecule has 2 aromatic heterocycles. The SMILES string of the molecule is CC1=C(C(=O)Nc2ccccc2)[C@@H](c2cccs2)n2c(s/c(=C\c3cc(I)c(OC(C)C)c(I)c3)c2=O)=N1. The molecular weight excluding hydrogens is 744 g/mol. The quantitative estimate of drug-likeness (QED) is 0.248. The van der Waals surface area contributed by atoms with Gasteiger partial charge in [0.2, 0.25) is 0 Å². The first kappa shape index (κ1) is 27.3. The summed E-state index contributed by atoms with van der Waals surface area (Å²) in [7, 11) is 0. The molecule has 194 valence electrons. The van der Waals surface area contributed by atoms with E-state index in [-0.39, 0.29) is 17.6 Å². The molecule has 0 fully saturated rings. The van der Waals surface area contributed by atoms with Crippen LogP contribution in [0.3, 0.4) is 0 Å². The molecule has 0 unspecified atom stereocenters. The van der Waals surface area contributed by atoms with E-state index in [1.165, 1.54) is 22.7 Å². The van der Waals surface area contributed by atoms with E-state index in [4.69, 9.17) is 9.73 Å². The van der Waals surface area contributed by atoms with Gasteiger partial charge in [0.1, 0.15) is 11.8 Å². The third-order valence-electron chi connectivity index (χ3n) is 5.78. The Kier molecular flexibility index (Phi) is 8.22. The lowest BCUT2D eigenvalue weighted by molar-refractivity contribution is -0.113. The van der Waals surface area contributed by atoms with Crippen molar-refractivity contribution in [3.63, 3.8) is 0 Å². The molecule has 0 saturated carbocycles. The molecule has 0 saturated heterocycles. The van der Waals surface area contributed by atoms with Crippen LogP contribution in [-0.2, 0) is 4.79 Å². The molecule has 0 spiro atoms. The number of carbonyl (C=O) groups is 1. The number of carbonyl (C=O) groups excluding carboxylic acids is 1. The first-order valence-corrected chi connectivity index (χ1v) is 15.7. The zero-order chi connectivity index (χ0) is 27.0. The van der Waals surface area contributed by atoms with Crippen molar-refractivity contribution in [1.82, 2.24) is 4.57 Å². The summed E-state index contributed by atoms with van der Waals surface area (Å²) in [5.41, 5.74) is 2.50. The summed E-state index contributed by atoms with van der Waals surface area (Å²) in [6, 6.07) is 16.7. The van der Waals surface area contributed by atoms with Crippen molar-refractivity contribution in [2.75, 3.05) is 5.32 Å². The monoisotopic (exact) mass is 767 g/mol. The van der Waals surface area contributed by atoms with Crippen molar-refractivity contribution in [3.8, 4) is 5.75 Å². The number of rotatable bonds is 6. The van der Waals surface area contributed by atoms with Gasteiger partial charge in [0.05, 0.1) is 29.0 Å². The van der Waals surface area contributed by atoms with Gasteiger partial charge < -0.3 is 10.1 Å². The van der Waals surface area contributed by atoms with Gasteiger partial charge in [0.25, 0.3) is 11.5 Å². The number of hydrogen-bond donors (Lipinski definition) is 1. The number of fused-ring (bicyclic) bond motifs is 1. The smallest absolute Gasteiger partial charge is 0.271 e. The first-order valence-electron chi connectivity index (χ1n) is 11.8. The van der Waals surface area contributed by atoms with Gasteiger partial charge in [-0.3, -0.25) is 14.2 Å². The lowest BCUT2D eigenvalue weighted by Crippen LogP contribution is -2.40. The maximum absolute atomic E-state index is 13.8. The fraction of sp³-hybridized carbons (Fsp3) is 0.179. The van der Waals surface area contributed by atoms with Crippen LogP contribution in [0.2, 0.25) is 0 Å². The van der Waals surface area contributed by atoms with Gasteiger partial charge in [0, 0.05) is 10.6 Å². The number of aromatic nitrogens is 1. The minimum Gasteiger partial charge on any atom is -0.489 e. The molecule has 1 atom stereocenters. The number of halogens is 2. The first-order chi connectivity index (χ1) is 18.2. The molecule has 0 radical (unpaired) electrons. The lowest BCUT2D eigenvalue weighted by Gasteiger charge is -2.24. The molecule has 3 heterocycles. The Morgan fingerprint density at radius 1 is 1.13 bits per heavy atom. The van der Waals surface area contributed by atoms with E-state index in [1.807, 2.05) is 86.8 Å². The van der Waals surface area contributed by atoms with E-state index < -0.39 is 6.04 Å². The molecule has 10 heteroatoms. The highest BCUT2D eigenvalue weighted by atomic mass is 127. The third kappa shape index (κ3) is 5.54. The van der Waals surface area contributed by atoms with Gasteiger partial charge in [-0.05, 0) is 113 Å². The second-order valence-corrected chi connectivity index (χ2v) is 13.2. The summed E-state index contributed by atoms with van der Waals surface area (Å²) < 4.78 is 10.1. The molecule has 38 heavy (non-hydrogen) atoms. The summed E-state index contributed by atoms with van der Waals surface area (Å²) >= 11 is 7.39. The van der Waals surface area contributed by atoms with Crippen LogP contribution in [0.15, 0.2) is 81.0 Å². The van der Waals surface area contributed by atoms with E-state index >= 15 is 0 Å². The molecule has 0 bridgehead atoms. The van der Waals surface area contributed by atoms with E-state index in [0.717, 1.165) is 23.3 Å². The number of thiophene rings is 1. The van der Waals surface area contributed by atoms with Gasteiger partial charge in [-0.25, -0.2) is 4.99 Å². The maximum atomic E-state index is 13.8. The second-order valence-electron chi connectivity index (χ2n) is 8.90. The number of anilines is 1. The number of para-hydroxylation sites is 1. The molecule has 1 aliphatic heterocycles. The Labute approximate surface area is 255 Å². The summed E-state index contributed by atoms with van der Waals surface area (Å²) in [4.78, 5) is 33.6. The second kappa shape index (κ2) is 11.4. The molecule has 5 rings (SSSR count). The number of nitrogens with one attached hydrogen (secondary N) is 1. The minimum atomic E-state index is -0.556. The number of ether oxygens (including phenoxy) is 1. The van der Waals surface area contributed by atoms with Crippen LogP contribution in [0, 0.1) is 7.14 Å². The van der Waals surface area contributed by atoms with Crippen LogP contribution < -0.4 is 24.9 Å². The van der Waals surface area contributed by atoms with Gasteiger partial charge in [-0.1, -0.05) is 35.6 Å². The van der Waals surface area contributed by atoms with Crippen LogP contribution in [0.25, 0.3) is 6.08 Å². The Balaban J connectivity index is 1.61.